The van der Waals surface area contributed by atoms with Crippen molar-refractivity contribution in [3.8, 4) is 0 Å². The monoisotopic (exact) mass is 152 g/mol. The van der Waals surface area contributed by atoms with Crippen LogP contribution in [0.15, 0.2) is 33.9 Å². The molecule has 0 amide bonds. The maximum atomic E-state index is 5.65. The van der Waals surface area contributed by atoms with E-state index >= 15 is 0 Å². The van der Waals surface area contributed by atoms with Crippen LogP contribution in [0.4, 0.5) is 0 Å². The van der Waals surface area contributed by atoms with Crippen LogP contribution in [0.3, 0.4) is 0 Å². The summed E-state index contributed by atoms with van der Waals surface area (Å²) in [5.41, 5.74) is 0.938. The molecule has 0 aromatic rings. The first-order valence-corrected chi connectivity index (χ1v) is 3.40. The van der Waals surface area contributed by atoms with Gasteiger partial charge in [0, 0.05) is 6.21 Å². The molecule has 0 saturated heterocycles. The minimum Gasteiger partial charge on any atom is -0.279 e. The number of nitrogens with zero attached hydrogens (tertiary/aromatic N) is 2. The molecular weight excluding hydrogens is 148 g/mol. The third-order valence-electron chi connectivity index (χ3n) is 1.45. The highest BCUT2D eigenvalue weighted by molar-refractivity contribution is 6.68. The quantitative estimate of drug-likeness (QED) is 0.503. The number of halogens is 1. The van der Waals surface area contributed by atoms with Crippen LogP contribution >= 0.6 is 11.6 Å². The predicted octanol–water partition coefficient (Wildman–Crippen LogP) is 1.53. The molecule has 0 aromatic heterocycles. The summed E-state index contributed by atoms with van der Waals surface area (Å²) in [7, 11) is 0. The lowest BCUT2D eigenvalue weighted by molar-refractivity contribution is 0.955. The third kappa shape index (κ3) is 0.809. The van der Waals surface area contributed by atoms with E-state index in [1.807, 2.05) is 12.2 Å². The molecule has 0 aliphatic carbocycles. The molecule has 1 atom stereocenters. The zero-order valence-electron chi connectivity index (χ0n) is 5.16. The fourth-order valence-corrected chi connectivity index (χ4v) is 1.14. The van der Waals surface area contributed by atoms with E-state index in [1.54, 1.807) is 12.3 Å². The molecule has 0 unspecified atom stereocenters. The molecule has 2 aliphatic rings. The van der Waals surface area contributed by atoms with Gasteiger partial charge in [0.05, 0.1) is 5.70 Å². The van der Waals surface area contributed by atoms with Crippen LogP contribution in [0.2, 0.25) is 0 Å². The summed E-state index contributed by atoms with van der Waals surface area (Å²) >= 11 is 5.65. The van der Waals surface area contributed by atoms with E-state index in [2.05, 4.69) is 9.98 Å². The molecule has 50 valence electrons. The van der Waals surface area contributed by atoms with Crippen molar-refractivity contribution in [2.75, 3.05) is 0 Å². The average molecular weight is 153 g/mol. The van der Waals surface area contributed by atoms with Gasteiger partial charge in [0.25, 0.3) is 0 Å². The summed E-state index contributed by atoms with van der Waals surface area (Å²) in [6.07, 6.45) is 7.33. The van der Waals surface area contributed by atoms with Gasteiger partial charge in [-0.15, -0.1) is 0 Å². The number of rotatable bonds is 0. The van der Waals surface area contributed by atoms with Crippen molar-refractivity contribution in [1.82, 2.24) is 0 Å². The Morgan fingerprint density at radius 2 is 2.40 bits per heavy atom. The van der Waals surface area contributed by atoms with E-state index in [4.69, 9.17) is 11.6 Å². The van der Waals surface area contributed by atoms with Crippen LogP contribution in [0.1, 0.15) is 0 Å². The summed E-state index contributed by atoms with van der Waals surface area (Å²) in [6, 6.07) is 0.127. The molecule has 0 aromatic carbocycles. The summed E-state index contributed by atoms with van der Waals surface area (Å²) in [5.74, 6) is 0. The first-order valence-electron chi connectivity index (χ1n) is 3.02. The Morgan fingerprint density at radius 1 is 1.50 bits per heavy atom. The molecule has 2 heterocycles. The summed E-state index contributed by atoms with van der Waals surface area (Å²) < 4.78 is 0. The Labute approximate surface area is 63.6 Å². The van der Waals surface area contributed by atoms with Crippen LogP contribution in [0, 0.1) is 0 Å². The molecule has 2 nitrogen and oxygen atoms in total. The maximum Gasteiger partial charge on any atom is 0.129 e. The third-order valence-corrected chi connectivity index (χ3v) is 1.66. The number of dihydropyridines is 1. The Hall–Kier alpha value is -0.890. The summed E-state index contributed by atoms with van der Waals surface area (Å²) in [4.78, 5) is 8.20. The van der Waals surface area contributed by atoms with Crippen molar-refractivity contribution < 1.29 is 0 Å². The first kappa shape index (κ1) is 5.86. The molecule has 2 aliphatic heterocycles. The van der Waals surface area contributed by atoms with Gasteiger partial charge in [0.2, 0.25) is 0 Å². The van der Waals surface area contributed by atoms with E-state index in [0.29, 0.717) is 5.17 Å². The second-order valence-corrected chi connectivity index (χ2v) is 2.52. The molecule has 3 heteroatoms. The van der Waals surface area contributed by atoms with Gasteiger partial charge in [-0.25, -0.2) is 4.99 Å². The van der Waals surface area contributed by atoms with Crippen molar-refractivity contribution in [3.63, 3.8) is 0 Å². The normalized spacial score (nSPS) is 27.9. The van der Waals surface area contributed by atoms with Crippen LogP contribution in [0.5, 0.6) is 0 Å². The fourth-order valence-electron chi connectivity index (χ4n) is 0.970. The molecule has 0 fully saturated rings. The minimum absolute atomic E-state index is 0.127. The van der Waals surface area contributed by atoms with Crippen molar-refractivity contribution in [2.24, 2.45) is 9.98 Å². The standard InChI is InChI=1S/C7H5ClN2/c8-7-2-1-5-6(10-7)3-4-9-5/h1-5H/t5-/m1/s1. The lowest BCUT2D eigenvalue weighted by atomic mass is 10.2. The van der Waals surface area contributed by atoms with E-state index < -0.39 is 0 Å². The van der Waals surface area contributed by atoms with Gasteiger partial charge in [-0.2, -0.15) is 0 Å². The largest absolute Gasteiger partial charge is 0.279 e. The second kappa shape index (κ2) is 2.06. The van der Waals surface area contributed by atoms with Crippen LogP contribution in [0.25, 0.3) is 0 Å². The zero-order chi connectivity index (χ0) is 6.97. The van der Waals surface area contributed by atoms with Gasteiger partial charge in [-0.05, 0) is 12.2 Å². The zero-order valence-corrected chi connectivity index (χ0v) is 5.92. The Balaban J connectivity index is 2.39. The Morgan fingerprint density at radius 3 is 3.30 bits per heavy atom. The van der Waals surface area contributed by atoms with Crippen LogP contribution < -0.4 is 0 Å². The highest BCUT2D eigenvalue weighted by atomic mass is 35.5. The average Bonchev–Trinajstić information content (AvgIpc) is 2.33. The smallest absolute Gasteiger partial charge is 0.129 e. The molecule has 0 spiro atoms. The topological polar surface area (TPSA) is 24.7 Å². The van der Waals surface area contributed by atoms with E-state index in [1.165, 1.54) is 0 Å². The molecule has 0 bridgehead atoms. The number of hydrogen-bond acceptors (Lipinski definition) is 2. The summed E-state index contributed by atoms with van der Waals surface area (Å²) in [6.45, 7) is 0. The van der Waals surface area contributed by atoms with Gasteiger partial charge >= 0.3 is 0 Å². The van der Waals surface area contributed by atoms with Crippen LogP contribution in [-0.4, -0.2) is 17.4 Å². The maximum absolute atomic E-state index is 5.65. The molecular formula is C7H5ClN2. The predicted molar refractivity (Wildman–Crippen MR) is 42.8 cm³/mol. The van der Waals surface area contributed by atoms with E-state index in [-0.39, 0.29) is 6.04 Å². The van der Waals surface area contributed by atoms with Crippen LogP contribution in [-0.2, 0) is 0 Å². The molecule has 10 heavy (non-hydrogen) atoms. The van der Waals surface area contributed by atoms with E-state index in [9.17, 15) is 0 Å². The highest BCUT2D eigenvalue weighted by Crippen LogP contribution is 2.19. The number of allylic oxidation sites excluding steroid dienone is 2. The molecule has 0 saturated carbocycles. The second-order valence-electron chi connectivity index (χ2n) is 2.13. The summed E-state index contributed by atoms with van der Waals surface area (Å²) in [5, 5.41) is 0.535. The number of fused-ring (bicyclic) bond motifs is 1. The lowest BCUT2D eigenvalue weighted by Crippen LogP contribution is -2.05. The van der Waals surface area contributed by atoms with Crippen molar-refractivity contribution in [2.45, 2.75) is 6.04 Å². The van der Waals surface area contributed by atoms with Crippen molar-refractivity contribution in [1.29, 1.82) is 0 Å². The van der Waals surface area contributed by atoms with Gasteiger partial charge in [-0.3, -0.25) is 4.99 Å². The molecule has 0 radical (unpaired) electrons. The van der Waals surface area contributed by atoms with Gasteiger partial charge in [0.1, 0.15) is 11.2 Å². The first-order chi connectivity index (χ1) is 4.86. The highest BCUT2D eigenvalue weighted by Gasteiger charge is 2.15. The number of hydrogen-bond donors (Lipinski definition) is 0. The SMILES string of the molecule is ClC1=NC2=CC=N[C@@H]2C=C1. The molecule has 2 rings (SSSR count). The molecule has 0 N–H and O–H groups in total. The van der Waals surface area contributed by atoms with Gasteiger partial charge in [-0.1, -0.05) is 17.7 Å². The van der Waals surface area contributed by atoms with E-state index in [0.717, 1.165) is 5.70 Å². The Bertz CT molecular complexity index is 273. The minimum atomic E-state index is 0.127. The Kier molecular flexibility index (Phi) is 1.21. The van der Waals surface area contributed by atoms with Gasteiger partial charge in [0.15, 0.2) is 0 Å². The van der Waals surface area contributed by atoms with Crippen molar-refractivity contribution >= 4 is 23.0 Å². The number of aliphatic imine (C=N–C) groups is 2. The van der Waals surface area contributed by atoms with Gasteiger partial charge < -0.3 is 0 Å². The fraction of sp³-hybridized carbons (Fsp3) is 0.143. The lowest BCUT2D eigenvalue weighted by Gasteiger charge is -2.07. The van der Waals surface area contributed by atoms with Crippen molar-refractivity contribution in [3.05, 3.63) is 23.9 Å².